The molecule has 0 aromatic heterocycles. The van der Waals surface area contributed by atoms with Gasteiger partial charge >= 0.3 is 6.09 Å². The molecule has 23 heavy (non-hydrogen) atoms. The molecule has 1 N–H and O–H groups in total. The van der Waals surface area contributed by atoms with Gasteiger partial charge in [-0.1, -0.05) is 36.4 Å². The maximum absolute atomic E-state index is 12.3. The van der Waals surface area contributed by atoms with Crippen LogP contribution < -0.4 is 10.2 Å². The number of anilines is 2. The number of amides is 1. The Bertz CT molecular complexity index is 672. The van der Waals surface area contributed by atoms with Crippen molar-refractivity contribution in [1.82, 2.24) is 0 Å². The number of carbonyl (C=O) groups is 1. The maximum atomic E-state index is 12.3. The van der Waals surface area contributed by atoms with Crippen molar-refractivity contribution in [2.24, 2.45) is 0 Å². The van der Waals surface area contributed by atoms with Crippen LogP contribution in [0, 0.1) is 0 Å². The molecule has 4 nitrogen and oxygen atoms in total. The van der Waals surface area contributed by atoms with Crippen molar-refractivity contribution in [3.8, 4) is 0 Å². The second kappa shape index (κ2) is 6.73. The van der Waals surface area contributed by atoms with Crippen molar-refractivity contribution in [2.45, 2.75) is 32.4 Å². The summed E-state index contributed by atoms with van der Waals surface area (Å²) < 4.78 is 5.23. The van der Waals surface area contributed by atoms with E-state index in [1.165, 1.54) is 0 Å². The minimum Gasteiger partial charge on any atom is -0.449 e. The number of nitrogens with one attached hydrogen (secondary N) is 1. The summed E-state index contributed by atoms with van der Waals surface area (Å²) in [7, 11) is 0. The Morgan fingerprint density at radius 2 is 1.87 bits per heavy atom. The predicted octanol–water partition coefficient (Wildman–Crippen LogP) is 4.59. The minimum atomic E-state index is -0.273. The van der Waals surface area contributed by atoms with Crippen molar-refractivity contribution in [1.29, 1.82) is 0 Å². The molecule has 1 heterocycles. The van der Waals surface area contributed by atoms with E-state index in [1.54, 1.807) is 4.90 Å². The first-order valence-electron chi connectivity index (χ1n) is 8.07. The normalized spacial score (nSPS) is 19.8. The van der Waals surface area contributed by atoms with Gasteiger partial charge in [0.2, 0.25) is 0 Å². The molecule has 3 rings (SSSR count). The van der Waals surface area contributed by atoms with Crippen LogP contribution >= 0.6 is 0 Å². The molecule has 0 saturated carbocycles. The SMILES string of the molecule is CCOC(=O)N1c2ccccc2[C@@H](Nc2ccccc2)C[C@H]1C. The second-order valence-electron chi connectivity index (χ2n) is 5.78. The lowest BCUT2D eigenvalue weighted by Gasteiger charge is -2.39. The van der Waals surface area contributed by atoms with E-state index in [4.69, 9.17) is 4.74 Å². The van der Waals surface area contributed by atoms with Crippen molar-refractivity contribution in [3.63, 3.8) is 0 Å². The molecule has 0 radical (unpaired) electrons. The van der Waals surface area contributed by atoms with E-state index in [0.717, 1.165) is 23.4 Å². The Balaban J connectivity index is 1.92. The molecule has 0 bridgehead atoms. The number of hydrogen-bond donors (Lipinski definition) is 1. The summed E-state index contributed by atoms with van der Waals surface area (Å²) >= 11 is 0. The quantitative estimate of drug-likeness (QED) is 0.901. The summed E-state index contributed by atoms with van der Waals surface area (Å²) in [5.41, 5.74) is 3.14. The summed E-state index contributed by atoms with van der Waals surface area (Å²) in [4.78, 5) is 14.1. The van der Waals surface area contributed by atoms with Crippen LogP contribution in [-0.4, -0.2) is 18.7 Å². The molecule has 1 amide bonds. The number of benzene rings is 2. The number of nitrogens with zero attached hydrogens (tertiary/aromatic N) is 1. The van der Waals surface area contributed by atoms with Gasteiger partial charge in [-0.25, -0.2) is 4.79 Å². The minimum absolute atomic E-state index is 0.0742. The fourth-order valence-corrected chi connectivity index (χ4v) is 3.16. The molecule has 1 aliphatic heterocycles. The van der Waals surface area contributed by atoms with Gasteiger partial charge in [0.1, 0.15) is 0 Å². The lowest BCUT2D eigenvalue weighted by Crippen LogP contribution is -2.44. The molecule has 120 valence electrons. The zero-order chi connectivity index (χ0) is 16.2. The van der Waals surface area contributed by atoms with Crippen LogP contribution in [0.4, 0.5) is 16.2 Å². The van der Waals surface area contributed by atoms with E-state index in [1.807, 2.05) is 43.3 Å². The van der Waals surface area contributed by atoms with Crippen molar-refractivity contribution in [2.75, 3.05) is 16.8 Å². The Morgan fingerprint density at radius 1 is 1.17 bits per heavy atom. The third-order valence-electron chi connectivity index (χ3n) is 4.17. The summed E-state index contributed by atoms with van der Waals surface area (Å²) in [5, 5.41) is 3.58. The van der Waals surface area contributed by atoms with Gasteiger partial charge in [0.05, 0.1) is 18.3 Å². The Kier molecular flexibility index (Phi) is 4.51. The second-order valence-corrected chi connectivity index (χ2v) is 5.78. The molecule has 1 aliphatic rings. The lowest BCUT2D eigenvalue weighted by atomic mass is 9.92. The van der Waals surface area contributed by atoms with Gasteiger partial charge in [0, 0.05) is 11.7 Å². The molecule has 0 fully saturated rings. The van der Waals surface area contributed by atoms with Crippen LogP contribution in [0.25, 0.3) is 0 Å². The Labute approximate surface area is 137 Å². The third kappa shape index (κ3) is 3.16. The van der Waals surface area contributed by atoms with Gasteiger partial charge < -0.3 is 10.1 Å². The summed E-state index contributed by atoms with van der Waals surface area (Å²) in [6, 6.07) is 18.5. The fraction of sp³-hybridized carbons (Fsp3) is 0.316. The molecule has 0 aliphatic carbocycles. The smallest absolute Gasteiger partial charge is 0.414 e. The van der Waals surface area contributed by atoms with E-state index in [0.29, 0.717) is 6.61 Å². The van der Waals surface area contributed by atoms with Gasteiger partial charge in [-0.05, 0) is 44.0 Å². The highest BCUT2D eigenvalue weighted by atomic mass is 16.6. The van der Waals surface area contributed by atoms with Crippen LogP contribution in [0.2, 0.25) is 0 Å². The first-order valence-corrected chi connectivity index (χ1v) is 8.07. The van der Waals surface area contributed by atoms with Crippen molar-refractivity contribution in [3.05, 3.63) is 60.2 Å². The number of rotatable bonds is 3. The number of ether oxygens (including phenoxy) is 1. The predicted molar refractivity (Wildman–Crippen MR) is 92.8 cm³/mol. The standard InChI is InChI=1S/C19H22N2O2/c1-3-23-19(22)21-14(2)13-17(16-11-7-8-12-18(16)21)20-15-9-5-4-6-10-15/h4-12,14,17,20H,3,13H2,1-2H3/t14-,17+/m1/s1. The average molecular weight is 310 g/mol. The fourth-order valence-electron chi connectivity index (χ4n) is 3.16. The van der Waals surface area contributed by atoms with E-state index in [9.17, 15) is 4.79 Å². The van der Waals surface area contributed by atoms with Crippen LogP contribution in [0.5, 0.6) is 0 Å². The topological polar surface area (TPSA) is 41.6 Å². The summed E-state index contributed by atoms with van der Waals surface area (Å²) in [6.45, 7) is 4.28. The van der Waals surface area contributed by atoms with E-state index < -0.39 is 0 Å². The molecule has 2 atom stereocenters. The van der Waals surface area contributed by atoms with Crippen LogP contribution in [0.15, 0.2) is 54.6 Å². The largest absolute Gasteiger partial charge is 0.449 e. The molecule has 0 spiro atoms. The Hall–Kier alpha value is -2.49. The van der Waals surface area contributed by atoms with Gasteiger partial charge in [0.25, 0.3) is 0 Å². The molecule has 2 aromatic carbocycles. The lowest BCUT2D eigenvalue weighted by molar-refractivity contribution is 0.156. The highest BCUT2D eigenvalue weighted by molar-refractivity contribution is 5.90. The first kappa shape index (κ1) is 15.4. The average Bonchev–Trinajstić information content (AvgIpc) is 2.56. The van der Waals surface area contributed by atoms with Gasteiger partial charge in [-0.2, -0.15) is 0 Å². The Morgan fingerprint density at radius 3 is 2.61 bits per heavy atom. The molecular weight excluding hydrogens is 288 g/mol. The van der Waals surface area contributed by atoms with Crippen molar-refractivity contribution >= 4 is 17.5 Å². The number of carbonyl (C=O) groups excluding carboxylic acids is 1. The van der Waals surface area contributed by atoms with E-state index in [-0.39, 0.29) is 18.2 Å². The number of fused-ring (bicyclic) bond motifs is 1. The molecular formula is C19H22N2O2. The van der Waals surface area contributed by atoms with Crippen LogP contribution in [-0.2, 0) is 4.74 Å². The van der Waals surface area contributed by atoms with Crippen molar-refractivity contribution < 1.29 is 9.53 Å². The third-order valence-corrected chi connectivity index (χ3v) is 4.17. The number of hydrogen-bond acceptors (Lipinski definition) is 3. The van der Waals surface area contributed by atoms with Crippen LogP contribution in [0.3, 0.4) is 0 Å². The van der Waals surface area contributed by atoms with Gasteiger partial charge in [-0.15, -0.1) is 0 Å². The highest BCUT2D eigenvalue weighted by Crippen LogP contribution is 2.39. The molecule has 4 heteroatoms. The highest BCUT2D eigenvalue weighted by Gasteiger charge is 2.34. The monoisotopic (exact) mass is 310 g/mol. The van der Waals surface area contributed by atoms with E-state index >= 15 is 0 Å². The molecule has 0 unspecified atom stereocenters. The summed E-state index contributed by atoms with van der Waals surface area (Å²) in [6.07, 6.45) is 0.565. The maximum Gasteiger partial charge on any atom is 0.414 e. The van der Waals surface area contributed by atoms with Gasteiger partial charge in [-0.3, -0.25) is 4.90 Å². The van der Waals surface area contributed by atoms with Crippen LogP contribution in [0.1, 0.15) is 31.9 Å². The van der Waals surface area contributed by atoms with E-state index in [2.05, 4.69) is 30.4 Å². The van der Waals surface area contributed by atoms with Gasteiger partial charge in [0.15, 0.2) is 0 Å². The zero-order valence-corrected chi connectivity index (χ0v) is 13.5. The summed E-state index contributed by atoms with van der Waals surface area (Å²) in [5.74, 6) is 0. The molecule has 0 saturated heterocycles. The molecule has 2 aromatic rings. The first-order chi connectivity index (χ1) is 11.2. The number of para-hydroxylation sites is 2. The zero-order valence-electron chi connectivity index (χ0n) is 13.5.